The first-order valence-corrected chi connectivity index (χ1v) is 11.7. The molecule has 1 fully saturated rings. The molecule has 2 aromatic rings. The molecule has 146 valence electrons. The monoisotopic (exact) mass is 448 g/mol. The van der Waals surface area contributed by atoms with Gasteiger partial charge in [0.2, 0.25) is 5.91 Å². The summed E-state index contributed by atoms with van der Waals surface area (Å²) < 4.78 is 32.3. The van der Waals surface area contributed by atoms with Crippen LogP contribution < -0.4 is 5.32 Å². The van der Waals surface area contributed by atoms with E-state index in [9.17, 15) is 18.0 Å². The number of hydrogen-bond acceptors (Lipinski definition) is 7. The number of halogens is 1. The van der Waals surface area contributed by atoms with E-state index < -0.39 is 27.9 Å². The number of rotatable bonds is 6. The van der Waals surface area contributed by atoms with Gasteiger partial charge in [-0.15, -0.1) is 22.7 Å². The quantitative estimate of drug-likeness (QED) is 0.683. The third-order valence-electron chi connectivity index (χ3n) is 4.02. The molecule has 0 radical (unpaired) electrons. The van der Waals surface area contributed by atoms with E-state index in [0.717, 1.165) is 11.3 Å². The Morgan fingerprint density at radius 1 is 1.37 bits per heavy atom. The van der Waals surface area contributed by atoms with Crippen LogP contribution in [0.5, 0.6) is 0 Å². The van der Waals surface area contributed by atoms with Gasteiger partial charge in [0.1, 0.15) is 15.3 Å². The van der Waals surface area contributed by atoms with Gasteiger partial charge in [0.05, 0.1) is 16.5 Å². The fraction of sp³-hybridized carbons (Fsp3) is 0.375. The van der Waals surface area contributed by atoms with Crippen LogP contribution in [0.4, 0.5) is 5.00 Å². The van der Waals surface area contributed by atoms with Crippen molar-refractivity contribution in [1.82, 2.24) is 4.31 Å². The predicted molar refractivity (Wildman–Crippen MR) is 105 cm³/mol. The van der Waals surface area contributed by atoms with Crippen LogP contribution in [0.3, 0.4) is 0 Å². The Morgan fingerprint density at radius 3 is 2.81 bits per heavy atom. The highest BCUT2D eigenvalue weighted by atomic mass is 35.5. The summed E-state index contributed by atoms with van der Waals surface area (Å²) in [5.41, 5.74) is 0.257. The molecule has 11 heteroatoms. The van der Waals surface area contributed by atoms with Gasteiger partial charge in [-0.25, -0.2) is 13.2 Å². The van der Waals surface area contributed by atoms with Gasteiger partial charge < -0.3 is 10.1 Å². The summed E-state index contributed by atoms with van der Waals surface area (Å²) in [7, 11) is -3.81. The molecule has 1 atom stereocenters. The molecule has 27 heavy (non-hydrogen) atoms. The van der Waals surface area contributed by atoms with E-state index in [1.165, 1.54) is 27.8 Å². The minimum atomic E-state index is -3.81. The normalized spacial score (nSPS) is 17.8. The summed E-state index contributed by atoms with van der Waals surface area (Å²) in [6.45, 7) is 2.17. The van der Waals surface area contributed by atoms with Crippen LogP contribution in [0.2, 0.25) is 4.34 Å². The molecular formula is C16H17ClN2O5S3. The zero-order valence-corrected chi connectivity index (χ0v) is 17.5. The number of carbonyl (C=O) groups is 2. The number of carbonyl (C=O) groups excluding carboxylic acids is 2. The molecule has 7 nitrogen and oxygen atoms in total. The van der Waals surface area contributed by atoms with Gasteiger partial charge in [0.15, 0.2) is 0 Å². The van der Waals surface area contributed by atoms with Crippen molar-refractivity contribution in [2.75, 3.05) is 18.5 Å². The third kappa shape index (κ3) is 4.19. The maximum atomic E-state index is 12.9. The molecule has 2 aromatic heterocycles. The van der Waals surface area contributed by atoms with Gasteiger partial charge >= 0.3 is 5.97 Å². The molecule has 0 aromatic carbocycles. The Hall–Kier alpha value is -1.46. The lowest BCUT2D eigenvalue weighted by molar-refractivity contribution is -0.119. The van der Waals surface area contributed by atoms with Crippen molar-refractivity contribution >= 4 is 61.2 Å². The Bertz CT molecular complexity index is 953. The average Bonchev–Trinajstić information content (AvgIpc) is 3.35. The zero-order chi connectivity index (χ0) is 19.6. The van der Waals surface area contributed by atoms with E-state index >= 15 is 0 Å². The summed E-state index contributed by atoms with van der Waals surface area (Å²) in [4.78, 5) is 24.7. The van der Waals surface area contributed by atoms with Crippen molar-refractivity contribution in [2.24, 2.45) is 0 Å². The number of esters is 1. The topological polar surface area (TPSA) is 92.8 Å². The largest absolute Gasteiger partial charge is 0.462 e. The maximum absolute atomic E-state index is 12.9. The Kier molecular flexibility index (Phi) is 6.21. The highest BCUT2D eigenvalue weighted by Gasteiger charge is 2.40. The van der Waals surface area contributed by atoms with Gasteiger partial charge in [0.25, 0.3) is 10.0 Å². The molecule has 1 unspecified atom stereocenters. The average molecular weight is 449 g/mol. The Balaban J connectivity index is 1.79. The van der Waals surface area contributed by atoms with Crippen molar-refractivity contribution in [3.63, 3.8) is 0 Å². The first kappa shape index (κ1) is 20.3. The van der Waals surface area contributed by atoms with Crippen LogP contribution in [-0.2, 0) is 19.6 Å². The predicted octanol–water partition coefficient (Wildman–Crippen LogP) is 3.43. The summed E-state index contributed by atoms with van der Waals surface area (Å²) in [5, 5.41) is 4.69. The second-order valence-corrected chi connectivity index (χ2v) is 10.5. The minimum absolute atomic E-state index is 0.107. The van der Waals surface area contributed by atoms with Gasteiger partial charge in [-0.3, -0.25) is 4.79 Å². The van der Waals surface area contributed by atoms with E-state index in [1.807, 2.05) is 0 Å². The van der Waals surface area contributed by atoms with Gasteiger partial charge in [-0.2, -0.15) is 4.31 Å². The highest BCUT2D eigenvalue weighted by molar-refractivity contribution is 7.91. The van der Waals surface area contributed by atoms with E-state index in [2.05, 4.69) is 5.32 Å². The second kappa shape index (κ2) is 8.27. The standard InChI is InChI=1S/C16H17ClN2O5S3/c1-2-24-16(21)10-7-9-25-15(10)18-14(20)11-4-3-8-19(11)27(22,23)13-6-5-12(17)26-13/h5-7,9,11H,2-4,8H2,1H3,(H,18,20). The molecule has 3 rings (SSSR count). The summed E-state index contributed by atoms with van der Waals surface area (Å²) in [6, 6.07) is 3.68. The van der Waals surface area contributed by atoms with E-state index in [1.54, 1.807) is 18.4 Å². The lowest BCUT2D eigenvalue weighted by Gasteiger charge is -2.22. The van der Waals surface area contributed by atoms with Crippen LogP contribution in [0.25, 0.3) is 0 Å². The number of nitrogens with one attached hydrogen (secondary N) is 1. The van der Waals surface area contributed by atoms with Crippen molar-refractivity contribution in [3.05, 3.63) is 33.5 Å². The fourth-order valence-corrected chi connectivity index (χ4v) is 6.86. The molecule has 0 spiro atoms. The summed E-state index contributed by atoms with van der Waals surface area (Å²) in [5.74, 6) is -0.995. The molecule has 1 aliphatic heterocycles. The van der Waals surface area contributed by atoms with E-state index in [0.29, 0.717) is 22.2 Å². The van der Waals surface area contributed by atoms with Crippen molar-refractivity contribution in [2.45, 2.75) is 30.0 Å². The van der Waals surface area contributed by atoms with Gasteiger partial charge in [0, 0.05) is 6.54 Å². The van der Waals surface area contributed by atoms with E-state index in [-0.39, 0.29) is 22.9 Å². The number of sulfonamides is 1. The van der Waals surface area contributed by atoms with Crippen LogP contribution in [0.1, 0.15) is 30.1 Å². The molecule has 1 amide bonds. The summed E-state index contributed by atoms with van der Waals surface area (Å²) in [6.07, 6.45) is 0.982. The van der Waals surface area contributed by atoms with Crippen LogP contribution in [0.15, 0.2) is 27.8 Å². The van der Waals surface area contributed by atoms with E-state index in [4.69, 9.17) is 16.3 Å². The lowest BCUT2D eigenvalue weighted by Crippen LogP contribution is -2.42. The third-order valence-corrected chi connectivity index (χ3v) is 8.45. The number of ether oxygens (including phenoxy) is 1. The van der Waals surface area contributed by atoms with Crippen molar-refractivity contribution < 1.29 is 22.7 Å². The highest BCUT2D eigenvalue weighted by Crippen LogP contribution is 2.33. The molecule has 0 aliphatic carbocycles. The van der Waals surface area contributed by atoms with Gasteiger partial charge in [-0.1, -0.05) is 11.6 Å². The molecule has 1 saturated heterocycles. The van der Waals surface area contributed by atoms with Crippen molar-refractivity contribution in [1.29, 1.82) is 0 Å². The number of thiophene rings is 2. The Labute approximate surface area is 169 Å². The minimum Gasteiger partial charge on any atom is -0.462 e. The molecule has 1 aliphatic rings. The number of nitrogens with zero attached hydrogens (tertiary/aromatic N) is 1. The van der Waals surface area contributed by atoms with Crippen LogP contribution in [0, 0.1) is 0 Å². The first-order valence-electron chi connectivity index (χ1n) is 8.17. The molecular weight excluding hydrogens is 432 g/mol. The molecule has 1 N–H and O–H groups in total. The summed E-state index contributed by atoms with van der Waals surface area (Å²) >= 11 is 7.99. The first-order chi connectivity index (χ1) is 12.8. The number of anilines is 1. The van der Waals surface area contributed by atoms with Crippen LogP contribution >= 0.6 is 34.3 Å². The zero-order valence-electron chi connectivity index (χ0n) is 14.3. The molecule has 0 bridgehead atoms. The maximum Gasteiger partial charge on any atom is 0.341 e. The van der Waals surface area contributed by atoms with Crippen molar-refractivity contribution in [3.8, 4) is 0 Å². The number of hydrogen-bond donors (Lipinski definition) is 1. The molecule has 3 heterocycles. The Morgan fingerprint density at radius 2 is 2.15 bits per heavy atom. The number of amides is 1. The second-order valence-electron chi connectivity index (χ2n) is 5.71. The molecule has 0 saturated carbocycles. The SMILES string of the molecule is CCOC(=O)c1ccsc1NC(=O)C1CCCN1S(=O)(=O)c1ccc(Cl)s1. The lowest BCUT2D eigenvalue weighted by atomic mass is 10.2. The van der Waals surface area contributed by atoms with Gasteiger partial charge in [-0.05, 0) is 43.3 Å². The van der Waals surface area contributed by atoms with Crippen LogP contribution in [-0.4, -0.2) is 43.8 Å². The fourth-order valence-electron chi connectivity index (χ4n) is 2.81. The smallest absolute Gasteiger partial charge is 0.341 e.